The summed E-state index contributed by atoms with van der Waals surface area (Å²) < 4.78 is 11.1. The predicted octanol–water partition coefficient (Wildman–Crippen LogP) is 3.22. The van der Waals surface area contributed by atoms with E-state index in [9.17, 15) is 4.79 Å². The minimum Gasteiger partial charge on any atom is -0.477 e. The minimum absolute atomic E-state index is 0.0423. The Morgan fingerprint density at radius 1 is 1.23 bits per heavy atom. The Labute approximate surface area is 157 Å². The number of carbonyl (C=O) groups is 1. The number of amides is 1. The molecule has 1 aliphatic heterocycles. The van der Waals surface area contributed by atoms with E-state index < -0.39 is 0 Å². The summed E-state index contributed by atoms with van der Waals surface area (Å²) in [5.41, 5.74) is 0.928. The number of hydrogen-bond acceptors (Lipinski definition) is 5. The van der Waals surface area contributed by atoms with Crippen LogP contribution in [0.4, 0.5) is 0 Å². The van der Waals surface area contributed by atoms with Crippen molar-refractivity contribution in [2.45, 2.75) is 18.9 Å². The topological polar surface area (TPSA) is 64.6 Å². The van der Waals surface area contributed by atoms with Crippen molar-refractivity contribution in [3.8, 4) is 11.8 Å². The van der Waals surface area contributed by atoms with Gasteiger partial charge in [0.1, 0.15) is 6.10 Å². The van der Waals surface area contributed by atoms with Gasteiger partial charge in [0.25, 0.3) is 11.8 Å². The summed E-state index contributed by atoms with van der Waals surface area (Å²) in [5.74, 6) is 0.656. The van der Waals surface area contributed by atoms with E-state index in [1.54, 1.807) is 41.6 Å². The largest absolute Gasteiger partial charge is 0.477 e. The van der Waals surface area contributed by atoms with E-state index in [-0.39, 0.29) is 12.0 Å². The molecular formula is C19H20ClN3O3. The van der Waals surface area contributed by atoms with Crippen LogP contribution in [-0.2, 0) is 4.79 Å². The van der Waals surface area contributed by atoms with Gasteiger partial charge >= 0.3 is 0 Å². The van der Waals surface area contributed by atoms with Crippen molar-refractivity contribution < 1.29 is 14.3 Å². The van der Waals surface area contributed by atoms with Gasteiger partial charge in [-0.3, -0.25) is 4.79 Å². The third-order valence-corrected chi connectivity index (χ3v) is 4.34. The second-order valence-electron chi connectivity index (χ2n) is 5.92. The molecule has 1 atom stereocenters. The van der Waals surface area contributed by atoms with E-state index in [4.69, 9.17) is 21.1 Å². The molecule has 1 saturated heterocycles. The van der Waals surface area contributed by atoms with E-state index in [0.29, 0.717) is 29.9 Å². The summed E-state index contributed by atoms with van der Waals surface area (Å²) in [5, 5.41) is 0.670. The molecule has 26 heavy (non-hydrogen) atoms. The summed E-state index contributed by atoms with van der Waals surface area (Å²) in [6.07, 6.45) is 8.05. The minimum atomic E-state index is -0.137. The zero-order valence-corrected chi connectivity index (χ0v) is 15.2. The van der Waals surface area contributed by atoms with Gasteiger partial charge < -0.3 is 14.4 Å². The van der Waals surface area contributed by atoms with Crippen LogP contribution in [0.1, 0.15) is 18.4 Å². The first-order valence-electron chi connectivity index (χ1n) is 8.40. The van der Waals surface area contributed by atoms with Crippen LogP contribution in [0.15, 0.2) is 42.7 Å². The Hall–Kier alpha value is -2.60. The Bertz CT molecular complexity index is 780. The average molecular weight is 374 g/mol. The van der Waals surface area contributed by atoms with Crippen LogP contribution in [-0.4, -0.2) is 47.1 Å². The third kappa shape index (κ3) is 4.73. The number of aromatic nitrogens is 2. The number of nitrogens with zero attached hydrogens (tertiary/aromatic N) is 3. The fourth-order valence-electron chi connectivity index (χ4n) is 2.77. The van der Waals surface area contributed by atoms with Crippen molar-refractivity contribution in [2.24, 2.45) is 0 Å². The fraction of sp³-hybridized carbons (Fsp3) is 0.316. The van der Waals surface area contributed by atoms with Crippen molar-refractivity contribution in [3.05, 3.63) is 53.3 Å². The van der Waals surface area contributed by atoms with Gasteiger partial charge in [-0.1, -0.05) is 23.7 Å². The fourth-order valence-corrected chi connectivity index (χ4v) is 2.90. The van der Waals surface area contributed by atoms with Gasteiger partial charge in [-0.05, 0) is 36.6 Å². The summed E-state index contributed by atoms with van der Waals surface area (Å²) >= 11 is 5.87. The molecule has 0 N–H and O–H groups in total. The average Bonchev–Trinajstić information content (AvgIpc) is 2.68. The third-order valence-electron chi connectivity index (χ3n) is 4.08. The SMILES string of the molecule is COc1nccnc1OC1CCCN(C(=O)/C=C/c2ccc(Cl)cc2)C1. The standard InChI is InChI=1S/C19H20ClN3O3/c1-25-18-19(22-11-10-21-18)26-16-3-2-12-23(13-16)17(24)9-6-14-4-7-15(20)8-5-14/h4-11,16H,2-3,12-13H2,1H3/b9-6+. The van der Waals surface area contributed by atoms with Crippen LogP contribution in [0.25, 0.3) is 6.08 Å². The van der Waals surface area contributed by atoms with Gasteiger partial charge in [0, 0.05) is 30.0 Å². The molecule has 1 amide bonds. The van der Waals surface area contributed by atoms with Crippen molar-refractivity contribution in [3.63, 3.8) is 0 Å². The summed E-state index contributed by atoms with van der Waals surface area (Å²) in [7, 11) is 1.52. The van der Waals surface area contributed by atoms with E-state index in [2.05, 4.69) is 9.97 Å². The maximum Gasteiger partial charge on any atom is 0.278 e. The molecule has 1 unspecified atom stereocenters. The van der Waals surface area contributed by atoms with E-state index in [1.165, 1.54) is 7.11 Å². The monoisotopic (exact) mass is 373 g/mol. The Balaban J connectivity index is 1.60. The lowest BCUT2D eigenvalue weighted by atomic mass is 10.1. The molecule has 6 nitrogen and oxygen atoms in total. The summed E-state index contributed by atoms with van der Waals surface area (Å²) in [6.45, 7) is 1.21. The first kappa shape index (κ1) is 18.2. The maximum atomic E-state index is 12.5. The lowest BCUT2D eigenvalue weighted by Gasteiger charge is -2.32. The highest BCUT2D eigenvalue weighted by molar-refractivity contribution is 6.30. The first-order valence-corrected chi connectivity index (χ1v) is 8.77. The molecule has 1 aliphatic rings. The van der Waals surface area contributed by atoms with E-state index >= 15 is 0 Å². The quantitative estimate of drug-likeness (QED) is 0.753. The molecule has 1 aromatic carbocycles. The summed E-state index contributed by atoms with van der Waals surface area (Å²) in [4.78, 5) is 22.5. The van der Waals surface area contributed by atoms with Crippen LogP contribution in [0.3, 0.4) is 0 Å². The van der Waals surface area contributed by atoms with Crippen molar-refractivity contribution >= 4 is 23.6 Å². The zero-order valence-electron chi connectivity index (χ0n) is 14.5. The van der Waals surface area contributed by atoms with Crippen molar-refractivity contribution in [1.29, 1.82) is 0 Å². The van der Waals surface area contributed by atoms with Crippen molar-refractivity contribution in [2.75, 3.05) is 20.2 Å². The summed E-state index contributed by atoms with van der Waals surface area (Å²) in [6, 6.07) is 7.33. The molecule has 0 saturated carbocycles. The Morgan fingerprint density at radius 3 is 2.69 bits per heavy atom. The molecular weight excluding hydrogens is 354 g/mol. The number of methoxy groups -OCH3 is 1. The number of ether oxygens (including phenoxy) is 2. The molecule has 3 rings (SSSR count). The smallest absolute Gasteiger partial charge is 0.278 e. The second kappa shape index (κ2) is 8.67. The number of halogens is 1. The number of rotatable bonds is 5. The highest BCUT2D eigenvalue weighted by Crippen LogP contribution is 2.24. The predicted molar refractivity (Wildman–Crippen MR) is 99.3 cm³/mol. The van der Waals surface area contributed by atoms with Gasteiger partial charge in [0.05, 0.1) is 13.7 Å². The Kier molecular flexibility index (Phi) is 6.07. The number of hydrogen-bond donors (Lipinski definition) is 0. The zero-order chi connectivity index (χ0) is 18.4. The number of piperidine rings is 1. The van der Waals surface area contributed by atoms with E-state index in [1.807, 2.05) is 12.1 Å². The lowest BCUT2D eigenvalue weighted by molar-refractivity contribution is -0.128. The highest BCUT2D eigenvalue weighted by atomic mass is 35.5. The molecule has 1 fully saturated rings. The van der Waals surface area contributed by atoms with E-state index in [0.717, 1.165) is 18.4 Å². The first-order chi connectivity index (χ1) is 12.7. The maximum absolute atomic E-state index is 12.5. The molecule has 0 bridgehead atoms. The van der Waals surface area contributed by atoms with Gasteiger partial charge in [0.2, 0.25) is 5.91 Å². The molecule has 0 spiro atoms. The highest BCUT2D eigenvalue weighted by Gasteiger charge is 2.25. The molecule has 7 heteroatoms. The number of benzene rings is 1. The molecule has 2 heterocycles. The molecule has 0 radical (unpaired) electrons. The van der Waals surface area contributed by atoms with Crippen LogP contribution in [0, 0.1) is 0 Å². The lowest BCUT2D eigenvalue weighted by Crippen LogP contribution is -2.43. The van der Waals surface area contributed by atoms with Crippen LogP contribution < -0.4 is 9.47 Å². The van der Waals surface area contributed by atoms with Gasteiger partial charge in [0.15, 0.2) is 0 Å². The normalized spacial score (nSPS) is 17.3. The van der Waals surface area contributed by atoms with Crippen LogP contribution in [0.2, 0.25) is 5.02 Å². The van der Waals surface area contributed by atoms with Gasteiger partial charge in [-0.25, -0.2) is 9.97 Å². The molecule has 0 aliphatic carbocycles. The Morgan fingerprint density at radius 2 is 1.96 bits per heavy atom. The van der Waals surface area contributed by atoms with Crippen LogP contribution in [0.5, 0.6) is 11.8 Å². The number of likely N-dealkylation sites (tertiary alicyclic amines) is 1. The number of carbonyl (C=O) groups excluding carboxylic acids is 1. The van der Waals surface area contributed by atoms with Crippen LogP contribution >= 0.6 is 11.6 Å². The van der Waals surface area contributed by atoms with Gasteiger partial charge in [-0.2, -0.15) is 0 Å². The second-order valence-corrected chi connectivity index (χ2v) is 6.36. The molecule has 136 valence electrons. The molecule has 1 aromatic heterocycles. The molecule has 2 aromatic rings. The van der Waals surface area contributed by atoms with Gasteiger partial charge in [-0.15, -0.1) is 0 Å². The van der Waals surface area contributed by atoms with Crippen molar-refractivity contribution in [1.82, 2.24) is 14.9 Å².